The molecular formula is C26H34O4. The summed E-state index contributed by atoms with van der Waals surface area (Å²) in [5.74, 6) is 0.00398. The van der Waals surface area contributed by atoms with Gasteiger partial charge in [-0.1, -0.05) is 38.8 Å². The molecule has 0 aromatic heterocycles. The lowest BCUT2D eigenvalue weighted by Crippen LogP contribution is -2.66. The molecule has 2 bridgehead atoms. The van der Waals surface area contributed by atoms with Crippen LogP contribution in [0.5, 0.6) is 0 Å². The molecule has 8 atom stereocenters. The highest BCUT2D eigenvalue weighted by atomic mass is 16.4. The average molecular weight is 411 g/mol. The van der Waals surface area contributed by atoms with E-state index in [0.29, 0.717) is 5.92 Å². The Kier molecular flexibility index (Phi) is 4.16. The van der Waals surface area contributed by atoms with Crippen LogP contribution in [-0.2, 0) is 14.4 Å². The summed E-state index contributed by atoms with van der Waals surface area (Å²) in [6, 6.07) is 0. The molecule has 4 nitrogen and oxygen atoms in total. The summed E-state index contributed by atoms with van der Waals surface area (Å²) in [5, 5.41) is 10.1. The Hall–Kier alpha value is -1.71. The van der Waals surface area contributed by atoms with E-state index in [0.717, 1.165) is 38.5 Å². The molecule has 6 rings (SSSR count). The molecule has 1 spiro atoms. The van der Waals surface area contributed by atoms with Crippen molar-refractivity contribution in [1.29, 1.82) is 0 Å². The zero-order valence-corrected chi connectivity index (χ0v) is 18.6. The van der Waals surface area contributed by atoms with Gasteiger partial charge in [0, 0.05) is 17.3 Å². The molecule has 6 aliphatic rings. The van der Waals surface area contributed by atoms with Crippen molar-refractivity contribution in [3.63, 3.8) is 0 Å². The first kappa shape index (κ1) is 20.2. The minimum absolute atomic E-state index is 0.101. The van der Waals surface area contributed by atoms with Gasteiger partial charge in [0.1, 0.15) is 0 Å². The summed E-state index contributed by atoms with van der Waals surface area (Å²) in [6.07, 6.45) is 10.8. The maximum absolute atomic E-state index is 13.2. The highest BCUT2D eigenvalue weighted by Crippen LogP contribution is 2.73. The number of fused-ring (bicyclic) bond motifs is 1. The standard InChI is InChI=1S/C26H34O4/c1-14(2)16-13-26-11-8-19-24(3,9-5-10-25(19,4)23(29)30)20(26)12-15(16)21-17(27)6-7-18(28)22(21)26/h6-7,13-15,19-22H,5,8-12H2,1-4H3,(H,29,30)/t15-,19+,20+,21+,22+,24+,25-,26+/m1/s1. The summed E-state index contributed by atoms with van der Waals surface area (Å²) in [6.45, 7) is 8.67. The topological polar surface area (TPSA) is 71.4 Å². The lowest BCUT2D eigenvalue weighted by atomic mass is 9.33. The zero-order chi connectivity index (χ0) is 21.6. The highest BCUT2D eigenvalue weighted by molar-refractivity contribution is 6.08. The normalized spacial score (nSPS) is 49.4. The van der Waals surface area contributed by atoms with E-state index in [-0.39, 0.29) is 52.0 Å². The molecule has 0 radical (unpaired) electrons. The minimum Gasteiger partial charge on any atom is -0.481 e. The molecule has 0 heterocycles. The first-order valence-corrected chi connectivity index (χ1v) is 11.8. The van der Waals surface area contributed by atoms with E-state index in [1.807, 2.05) is 6.92 Å². The SMILES string of the molecule is CC(C)C1=C[C@@]23CC[C@H]4[C@](C)(CCC[C@@]4(C)C(=O)O)[C@@H]2C[C@H]1[C@H]1C(=O)C=CC(=O)[C@@H]13. The van der Waals surface area contributed by atoms with Crippen molar-refractivity contribution in [2.45, 2.75) is 66.2 Å². The van der Waals surface area contributed by atoms with Crippen LogP contribution in [0.1, 0.15) is 66.2 Å². The van der Waals surface area contributed by atoms with Crippen LogP contribution in [0.4, 0.5) is 0 Å². The van der Waals surface area contributed by atoms with Crippen molar-refractivity contribution in [2.75, 3.05) is 0 Å². The van der Waals surface area contributed by atoms with Crippen LogP contribution in [0.25, 0.3) is 0 Å². The van der Waals surface area contributed by atoms with E-state index in [4.69, 9.17) is 0 Å². The van der Waals surface area contributed by atoms with Gasteiger partial charge in [-0.3, -0.25) is 14.4 Å². The van der Waals surface area contributed by atoms with E-state index in [1.54, 1.807) is 0 Å². The second-order valence-corrected chi connectivity index (χ2v) is 11.6. The molecule has 6 aliphatic carbocycles. The molecule has 0 amide bonds. The highest BCUT2D eigenvalue weighted by Gasteiger charge is 2.70. The number of hydrogen-bond donors (Lipinski definition) is 1. The molecule has 3 fully saturated rings. The van der Waals surface area contributed by atoms with E-state index in [1.165, 1.54) is 17.7 Å². The molecule has 0 saturated heterocycles. The number of aliphatic carboxylic acids is 1. The monoisotopic (exact) mass is 410 g/mol. The second-order valence-electron chi connectivity index (χ2n) is 11.6. The van der Waals surface area contributed by atoms with Crippen LogP contribution in [0.15, 0.2) is 23.8 Å². The molecule has 162 valence electrons. The molecule has 3 saturated carbocycles. The molecule has 0 aromatic rings. The predicted molar refractivity (Wildman–Crippen MR) is 114 cm³/mol. The average Bonchev–Trinajstić information content (AvgIpc) is 2.69. The van der Waals surface area contributed by atoms with Gasteiger partial charge in [-0.25, -0.2) is 0 Å². The molecule has 4 heteroatoms. The van der Waals surface area contributed by atoms with Crippen LogP contribution >= 0.6 is 0 Å². The third kappa shape index (κ3) is 2.26. The molecule has 30 heavy (non-hydrogen) atoms. The van der Waals surface area contributed by atoms with Gasteiger partial charge in [0.2, 0.25) is 0 Å². The van der Waals surface area contributed by atoms with Crippen molar-refractivity contribution < 1.29 is 19.5 Å². The molecular weight excluding hydrogens is 376 g/mol. The number of carboxylic acids is 1. The third-order valence-corrected chi connectivity index (χ3v) is 10.2. The first-order valence-electron chi connectivity index (χ1n) is 11.8. The van der Waals surface area contributed by atoms with Gasteiger partial charge in [0.05, 0.1) is 5.41 Å². The molecule has 0 aliphatic heterocycles. The van der Waals surface area contributed by atoms with Gasteiger partial charge in [-0.15, -0.1) is 0 Å². The van der Waals surface area contributed by atoms with Gasteiger partial charge in [0.15, 0.2) is 11.6 Å². The fraction of sp³-hybridized carbons (Fsp3) is 0.731. The molecule has 0 aromatic carbocycles. The van der Waals surface area contributed by atoms with E-state index < -0.39 is 11.4 Å². The Bertz CT molecular complexity index is 897. The lowest BCUT2D eigenvalue weighted by molar-refractivity contribution is -0.197. The van der Waals surface area contributed by atoms with Crippen LogP contribution in [0.2, 0.25) is 0 Å². The predicted octanol–water partition coefficient (Wildman–Crippen LogP) is 4.84. The Morgan fingerprint density at radius 1 is 1.07 bits per heavy atom. The second kappa shape index (κ2) is 6.17. The number of carboxylic acid groups (broad SMARTS) is 1. The maximum Gasteiger partial charge on any atom is 0.309 e. The van der Waals surface area contributed by atoms with Gasteiger partial charge >= 0.3 is 5.97 Å². The zero-order valence-electron chi connectivity index (χ0n) is 18.6. The quantitative estimate of drug-likeness (QED) is 0.662. The number of carbonyl (C=O) groups is 3. The smallest absolute Gasteiger partial charge is 0.309 e. The Labute approximate surface area is 179 Å². The summed E-state index contributed by atoms with van der Waals surface area (Å²) in [7, 11) is 0. The number of carbonyl (C=O) groups excluding carboxylic acids is 2. The fourth-order valence-electron chi connectivity index (χ4n) is 9.05. The fourth-order valence-corrected chi connectivity index (χ4v) is 9.05. The summed E-state index contributed by atoms with van der Waals surface area (Å²) in [4.78, 5) is 38.6. The Balaban J connectivity index is 1.68. The largest absolute Gasteiger partial charge is 0.481 e. The Morgan fingerprint density at radius 3 is 2.43 bits per heavy atom. The molecule has 1 N–H and O–H groups in total. The minimum atomic E-state index is -0.693. The van der Waals surface area contributed by atoms with Crippen LogP contribution in [0.3, 0.4) is 0 Å². The van der Waals surface area contributed by atoms with Crippen LogP contribution in [0, 0.1) is 51.8 Å². The van der Waals surface area contributed by atoms with Crippen LogP contribution in [-0.4, -0.2) is 22.6 Å². The summed E-state index contributed by atoms with van der Waals surface area (Å²) in [5.41, 5.74) is 0.277. The Morgan fingerprint density at radius 2 is 1.77 bits per heavy atom. The van der Waals surface area contributed by atoms with Crippen LogP contribution < -0.4 is 0 Å². The molecule has 0 unspecified atom stereocenters. The van der Waals surface area contributed by atoms with Crippen molar-refractivity contribution in [2.24, 2.45) is 51.8 Å². The number of hydrogen-bond acceptors (Lipinski definition) is 3. The summed E-state index contributed by atoms with van der Waals surface area (Å²) >= 11 is 0. The van der Waals surface area contributed by atoms with Crippen molar-refractivity contribution in [3.8, 4) is 0 Å². The van der Waals surface area contributed by atoms with Crippen molar-refractivity contribution in [1.82, 2.24) is 0 Å². The first-order chi connectivity index (χ1) is 14.1. The number of allylic oxidation sites excluding steroid dienone is 4. The van der Waals surface area contributed by atoms with Gasteiger partial charge in [0.25, 0.3) is 0 Å². The van der Waals surface area contributed by atoms with Crippen molar-refractivity contribution in [3.05, 3.63) is 23.8 Å². The van der Waals surface area contributed by atoms with Gasteiger partial charge in [-0.2, -0.15) is 0 Å². The summed E-state index contributed by atoms with van der Waals surface area (Å²) < 4.78 is 0. The number of rotatable bonds is 2. The van der Waals surface area contributed by atoms with E-state index in [9.17, 15) is 19.5 Å². The maximum atomic E-state index is 13.2. The third-order valence-electron chi connectivity index (χ3n) is 10.2. The van der Waals surface area contributed by atoms with E-state index >= 15 is 0 Å². The van der Waals surface area contributed by atoms with Gasteiger partial charge < -0.3 is 5.11 Å². The van der Waals surface area contributed by atoms with Crippen molar-refractivity contribution >= 4 is 17.5 Å². The van der Waals surface area contributed by atoms with Gasteiger partial charge in [-0.05, 0) is 80.3 Å². The number of ketones is 2. The lowest BCUT2D eigenvalue weighted by Gasteiger charge is -2.69. The van der Waals surface area contributed by atoms with E-state index in [2.05, 4.69) is 26.8 Å².